The molecular formula is C20H31NO. The summed E-state index contributed by atoms with van der Waals surface area (Å²) >= 11 is 0. The van der Waals surface area contributed by atoms with Gasteiger partial charge in [0.05, 0.1) is 0 Å². The van der Waals surface area contributed by atoms with Gasteiger partial charge in [0.25, 0.3) is 0 Å². The predicted octanol–water partition coefficient (Wildman–Crippen LogP) is 5.16. The highest BCUT2D eigenvalue weighted by Gasteiger charge is 2.06. The minimum Gasteiger partial charge on any atom is -0.352 e. The highest BCUT2D eigenvalue weighted by molar-refractivity contribution is 5.91. The maximum absolute atomic E-state index is 11.9. The number of rotatable bonds is 9. The van der Waals surface area contributed by atoms with Gasteiger partial charge in [-0.2, -0.15) is 0 Å². The summed E-state index contributed by atoms with van der Waals surface area (Å²) in [5.74, 6) is 1.14. The number of unbranched alkanes of at least 4 members (excludes halogenated alkanes) is 1. The largest absolute Gasteiger partial charge is 0.352 e. The number of benzene rings is 1. The third-order valence-electron chi connectivity index (χ3n) is 4.14. The van der Waals surface area contributed by atoms with Crippen LogP contribution in [-0.2, 0) is 4.79 Å². The smallest absolute Gasteiger partial charge is 0.244 e. The van der Waals surface area contributed by atoms with Gasteiger partial charge in [-0.3, -0.25) is 4.79 Å². The number of nitrogens with one attached hydrogen (secondary N) is 1. The van der Waals surface area contributed by atoms with Crippen LogP contribution < -0.4 is 5.32 Å². The van der Waals surface area contributed by atoms with Crippen molar-refractivity contribution in [2.45, 2.75) is 59.3 Å². The first-order valence-electron chi connectivity index (χ1n) is 8.62. The van der Waals surface area contributed by atoms with Gasteiger partial charge in [-0.25, -0.2) is 0 Å². The number of hydrogen-bond acceptors (Lipinski definition) is 1. The van der Waals surface area contributed by atoms with E-state index in [0.717, 1.165) is 18.5 Å². The quantitative estimate of drug-likeness (QED) is 0.627. The van der Waals surface area contributed by atoms with E-state index in [4.69, 9.17) is 0 Å². The minimum atomic E-state index is 0.00267. The van der Waals surface area contributed by atoms with Gasteiger partial charge < -0.3 is 5.32 Å². The molecule has 0 spiro atoms. The Hall–Kier alpha value is -1.57. The molecule has 2 nitrogen and oxygen atoms in total. The lowest BCUT2D eigenvalue weighted by Gasteiger charge is -2.14. The van der Waals surface area contributed by atoms with E-state index >= 15 is 0 Å². The van der Waals surface area contributed by atoms with Crippen LogP contribution in [0.3, 0.4) is 0 Å². The van der Waals surface area contributed by atoms with Crippen LogP contribution in [0.4, 0.5) is 0 Å². The van der Waals surface area contributed by atoms with E-state index in [-0.39, 0.29) is 5.91 Å². The molecule has 1 amide bonds. The molecule has 1 N–H and O–H groups in total. The van der Waals surface area contributed by atoms with Crippen molar-refractivity contribution in [2.75, 3.05) is 6.54 Å². The SMILES string of the molecule is CCCCC(CC)CNC(=O)/C=C/c1ccc(C(C)C)cc1. The van der Waals surface area contributed by atoms with Crippen molar-refractivity contribution in [3.63, 3.8) is 0 Å². The summed E-state index contributed by atoms with van der Waals surface area (Å²) in [4.78, 5) is 11.9. The van der Waals surface area contributed by atoms with E-state index in [9.17, 15) is 4.79 Å². The van der Waals surface area contributed by atoms with Crippen molar-refractivity contribution in [1.29, 1.82) is 0 Å². The Morgan fingerprint density at radius 2 is 1.86 bits per heavy atom. The normalized spacial score (nSPS) is 12.8. The Bertz CT molecular complexity index is 459. The molecule has 1 aromatic carbocycles. The highest BCUT2D eigenvalue weighted by Crippen LogP contribution is 2.15. The monoisotopic (exact) mass is 301 g/mol. The van der Waals surface area contributed by atoms with Gasteiger partial charge in [0.2, 0.25) is 5.91 Å². The van der Waals surface area contributed by atoms with Crippen molar-refractivity contribution in [3.05, 3.63) is 41.5 Å². The summed E-state index contributed by atoms with van der Waals surface area (Å²) in [7, 11) is 0. The molecule has 1 rings (SSSR count). The zero-order valence-corrected chi connectivity index (χ0v) is 14.6. The summed E-state index contributed by atoms with van der Waals surface area (Å²) in [6.45, 7) is 9.55. The molecule has 0 aliphatic carbocycles. The second kappa shape index (κ2) is 10.2. The summed E-state index contributed by atoms with van der Waals surface area (Å²) in [6.07, 6.45) is 8.31. The average molecular weight is 301 g/mol. The molecule has 0 fully saturated rings. The van der Waals surface area contributed by atoms with Gasteiger partial charge in [0, 0.05) is 12.6 Å². The average Bonchev–Trinajstić information content (AvgIpc) is 2.53. The first kappa shape index (κ1) is 18.5. The Morgan fingerprint density at radius 3 is 2.41 bits per heavy atom. The number of carbonyl (C=O) groups is 1. The van der Waals surface area contributed by atoms with Gasteiger partial charge in [0.15, 0.2) is 0 Å². The van der Waals surface area contributed by atoms with E-state index in [2.05, 4.69) is 57.3 Å². The van der Waals surface area contributed by atoms with E-state index < -0.39 is 0 Å². The molecule has 0 radical (unpaired) electrons. The van der Waals surface area contributed by atoms with E-state index in [1.807, 2.05) is 6.08 Å². The Balaban J connectivity index is 2.43. The van der Waals surface area contributed by atoms with E-state index in [0.29, 0.717) is 11.8 Å². The fourth-order valence-corrected chi connectivity index (χ4v) is 2.41. The molecule has 0 bridgehead atoms. The van der Waals surface area contributed by atoms with Crippen molar-refractivity contribution in [2.24, 2.45) is 5.92 Å². The summed E-state index contributed by atoms with van der Waals surface area (Å²) < 4.78 is 0. The molecule has 0 aliphatic heterocycles. The van der Waals surface area contributed by atoms with Gasteiger partial charge in [0.1, 0.15) is 0 Å². The van der Waals surface area contributed by atoms with Gasteiger partial charge in [-0.05, 0) is 35.5 Å². The van der Waals surface area contributed by atoms with Gasteiger partial charge in [-0.15, -0.1) is 0 Å². The van der Waals surface area contributed by atoms with Crippen LogP contribution in [0, 0.1) is 5.92 Å². The van der Waals surface area contributed by atoms with Crippen molar-refractivity contribution in [3.8, 4) is 0 Å². The van der Waals surface area contributed by atoms with E-state index in [1.54, 1.807) is 6.08 Å². The maximum atomic E-state index is 11.9. The lowest BCUT2D eigenvalue weighted by atomic mass is 9.99. The molecule has 0 heterocycles. The van der Waals surface area contributed by atoms with Gasteiger partial charge in [-0.1, -0.05) is 71.2 Å². The molecule has 22 heavy (non-hydrogen) atoms. The maximum Gasteiger partial charge on any atom is 0.244 e. The Kier molecular flexibility index (Phi) is 8.57. The topological polar surface area (TPSA) is 29.1 Å². The van der Waals surface area contributed by atoms with Crippen LogP contribution in [0.1, 0.15) is 70.4 Å². The molecule has 0 aromatic heterocycles. The Morgan fingerprint density at radius 1 is 1.18 bits per heavy atom. The first-order chi connectivity index (χ1) is 10.6. The van der Waals surface area contributed by atoms with Crippen LogP contribution in [-0.4, -0.2) is 12.5 Å². The third kappa shape index (κ3) is 6.93. The molecule has 0 aliphatic rings. The van der Waals surface area contributed by atoms with Crippen LogP contribution in [0.15, 0.2) is 30.3 Å². The van der Waals surface area contributed by atoms with Crippen molar-refractivity contribution >= 4 is 12.0 Å². The molecular weight excluding hydrogens is 270 g/mol. The molecule has 1 atom stereocenters. The van der Waals surface area contributed by atoms with Crippen LogP contribution in [0.5, 0.6) is 0 Å². The fraction of sp³-hybridized carbons (Fsp3) is 0.550. The molecule has 1 unspecified atom stereocenters. The summed E-state index contributed by atoms with van der Waals surface area (Å²) in [6, 6.07) is 8.38. The van der Waals surface area contributed by atoms with Crippen LogP contribution in [0.2, 0.25) is 0 Å². The first-order valence-corrected chi connectivity index (χ1v) is 8.62. The highest BCUT2D eigenvalue weighted by atomic mass is 16.1. The zero-order valence-electron chi connectivity index (χ0n) is 14.6. The molecule has 2 heteroatoms. The fourth-order valence-electron chi connectivity index (χ4n) is 2.41. The zero-order chi connectivity index (χ0) is 16.4. The second-order valence-electron chi connectivity index (χ2n) is 6.32. The van der Waals surface area contributed by atoms with Crippen molar-refractivity contribution in [1.82, 2.24) is 5.32 Å². The van der Waals surface area contributed by atoms with E-state index in [1.165, 1.54) is 24.8 Å². The molecule has 1 aromatic rings. The van der Waals surface area contributed by atoms with Crippen molar-refractivity contribution < 1.29 is 4.79 Å². The molecule has 0 saturated heterocycles. The second-order valence-corrected chi connectivity index (χ2v) is 6.32. The summed E-state index contributed by atoms with van der Waals surface area (Å²) in [5.41, 5.74) is 2.39. The lowest BCUT2D eigenvalue weighted by molar-refractivity contribution is -0.116. The summed E-state index contributed by atoms with van der Waals surface area (Å²) in [5, 5.41) is 3.02. The molecule has 0 saturated carbocycles. The Labute approximate surface area is 136 Å². The van der Waals surface area contributed by atoms with Crippen LogP contribution >= 0.6 is 0 Å². The standard InChI is InChI=1S/C20H31NO/c1-5-7-8-17(6-2)15-21-20(22)14-11-18-9-12-19(13-10-18)16(3)4/h9-14,16-17H,5-8,15H2,1-4H3,(H,21,22)/b14-11+. The lowest BCUT2D eigenvalue weighted by Crippen LogP contribution is -2.27. The van der Waals surface area contributed by atoms with Gasteiger partial charge >= 0.3 is 0 Å². The number of amides is 1. The number of hydrogen-bond donors (Lipinski definition) is 1. The molecule has 122 valence electrons. The van der Waals surface area contributed by atoms with Crippen LogP contribution in [0.25, 0.3) is 6.08 Å². The predicted molar refractivity (Wildman–Crippen MR) is 95.9 cm³/mol. The minimum absolute atomic E-state index is 0.00267. The third-order valence-corrected chi connectivity index (χ3v) is 4.14. The number of carbonyl (C=O) groups excluding carboxylic acids is 1.